The zero-order valence-electron chi connectivity index (χ0n) is 17.5. The number of carbonyl (C=O) groups excluding carboxylic acids is 2. The Morgan fingerprint density at radius 2 is 1.73 bits per heavy atom. The van der Waals surface area contributed by atoms with Crippen LogP contribution in [0.3, 0.4) is 0 Å². The van der Waals surface area contributed by atoms with Gasteiger partial charge in [-0.1, -0.05) is 37.3 Å². The van der Waals surface area contributed by atoms with Crippen LogP contribution in [0.15, 0.2) is 48.5 Å². The Hall–Kier alpha value is -2.41. The van der Waals surface area contributed by atoms with Crippen LogP contribution in [-0.2, 0) is 21.9 Å². The van der Waals surface area contributed by atoms with Gasteiger partial charge in [-0.25, -0.2) is 8.78 Å². The number of halogens is 2. The minimum atomic E-state index is -0.738. The highest BCUT2D eigenvalue weighted by atomic mass is 32.2. The fourth-order valence-electron chi connectivity index (χ4n) is 2.78. The first-order valence-electron chi connectivity index (χ1n) is 9.97. The molecule has 2 amide bonds. The minimum Gasteiger partial charge on any atom is -0.352 e. The summed E-state index contributed by atoms with van der Waals surface area (Å²) in [5, 5.41) is 2.88. The van der Waals surface area contributed by atoms with E-state index in [0.717, 1.165) is 12.0 Å². The Morgan fingerprint density at radius 3 is 2.37 bits per heavy atom. The van der Waals surface area contributed by atoms with Gasteiger partial charge in [-0.3, -0.25) is 9.59 Å². The number of benzene rings is 2. The van der Waals surface area contributed by atoms with Crippen LogP contribution in [0.2, 0.25) is 0 Å². The van der Waals surface area contributed by atoms with E-state index in [4.69, 9.17) is 0 Å². The maximum Gasteiger partial charge on any atom is 0.242 e. The van der Waals surface area contributed by atoms with Crippen molar-refractivity contribution >= 4 is 23.6 Å². The molecule has 7 heteroatoms. The number of nitrogens with one attached hydrogen (secondary N) is 1. The molecule has 2 rings (SSSR count). The predicted molar refractivity (Wildman–Crippen MR) is 117 cm³/mol. The van der Waals surface area contributed by atoms with Gasteiger partial charge in [-0.15, -0.1) is 11.8 Å². The van der Waals surface area contributed by atoms with E-state index in [-0.39, 0.29) is 36.0 Å². The maximum absolute atomic E-state index is 14.2. The van der Waals surface area contributed by atoms with Crippen LogP contribution in [0.25, 0.3) is 0 Å². The Morgan fingerprint density at radius 1 is 1.07 bits per heavy atom. The molecule has 0 bridgehead atoms. The molecule has 0 aliphatic rings. The highest BCUT2D eigenvalue weighted by Gasteiger charge is 2.27. The third kappa shape index (κ3) is 7.13. The van der Waals surface area contributed by atoms with E-state index in [1.165, 1.54) is 34.9 Å². The van der Waals surface area contributed by atoms with Crippen LogP contribution in [0, 0.1) is 11.6 Å². The topological polar surface area (TPSA) is 49.4 Å². The molecule has 2 aromatic carbocycles. The summed E-state index contributed by atoms with van der Waals surface area (Å²) in [4.78, 5) is 27.0. The second kappa shape index (κ2) is 11.7. The first-order valence-corrected chi connectivity index (χ1v) is 11.1. The Bertz CT molecular complexity index is 845. The molecule has 0 saturated heterocycles. The average Bonchev–Trinajstić information content (AvgIpc) is 2.73. The van der Waals surface area contributed by atoms with Crippen LogP contribution < -0.4 is 5.32 Å². The number of hydrogen-bond acceptors (Lipinski definition) is 3. The quantitative estimate of drug-likeness (QED) is 0.598. The van der Waals surface area contributed by atoms with E-state index < -0.39 is 11.9 Å². The number of hydrogen-bond donors (Lipinski definition) is 1. The first kappa shape index (κ1) is 23.9. The lowest BCUT2D eigenvalue weighted by Crippen LogP contribution is -2.50. The first-order chi connectivity index (χ1) is 14.3. The van der Waals surface area contributed by atoms with Crippen LogP contribution in [0.1, 0.15) is 38.3 Å². The third-order valence-electron chi connectivity index (χ3n) is 4.87. The highest BCUT2D eigenvalue weighted by Crippen LogP contribution is 2.17. The van der Waals surface area contributed by atoms with Gasteiger partial charge in [-0.2, -0.15) is 0 Å². The zero-order chi connectivity index (χ0) is 22.1. The largest absolute Gasteiger partial charge is 0.352 e. The molecule has 0 aliphatic heterocycles. The van der Waals surface area contributed by atoms with Crippen molar-refractivity contribution in [3.8, 4) is 0 Å². The molecule has 162 valence electrons. The molecule has 0 saturated carbocycles. The maximum atomic E-state index is 14.2. The summed E-state index contributed by atoms with van der Waals surface area (Å²) in [5.41, 5.74) is 1.26. The van der Waals surface area contributed by atoms with Gasteiger partial charge < -0.3 is 10.2 Å². The van der Waals surface area contributed by atoms with Crippen molar-refractivity contribution in [1.29, 1.82) is 0 Å². The summed E-state index contributed by atoms with van der Waals surface area (Å²) < 4.78 is 27.2. The molecular weight excluding hydrogens is 406 g/mol. The molecule has 2 atom stereocenters. The van der Waals surface area contributed by atoms with Crippen LogP contribution in [0.4, 0.5) is 8.78 Å². The Labute approximate surface area is 181 Å². The predicted octanol–water partition coefficient (Wildman–Crippen LogP) is 4.53. The van der Waals surface area contributed by atoms with Crippen molar-refractivity contribution < 1.29 is 18.4 Å². The van der Waals surface area contributed by atoms with Gasteiger partial charge in [0.1, 0.15) is 17.7 Å². The summed E-state index contributed by atoms with van der Waals surface area (Å²) in [6.45, 7) is 5.52. The van der Waals surface area contributed by atoms with Crippen LogP contribution in [0.5, 0.6) is 0 Å². The lowest BCUT2D eigenvalue weighted by atomic mass is 10.1. The van der Waals surface area contributed by atoms with Crippen molar-refractivity contribution in [1.82, 2.24) is 10.2 Å². The van der Waals surface area contributed by atoms with Gasteiger partial charge in [-0.05, 0) is 44.0 Å². The molecule has 0 unspecified atom stereocenters. The summed E-state index contributed by atoms with van der Waals surface area (Å²) >= 11 is 1.37. The Kier molecular flexibility index (Phi) is 9.30. The zero-order valence-corrected chi connectivity index (χ0v) is 18.3. The average molecular weight is 435 g/mol. The van der Waals surface area contributed by atoms with Crippen LogP contribution in [-0.4, -0.2) is 34.6 Å². The smallest absolute Gasteiger partial charge is 0.242 e. The van der Waals surface area contributed by atoms with E-state index in [1.807, 2.05) is 13.8 Å². The van der Waals surface area contributed by atoms with E-state index in [9.17, 15) is 18.4 Å². The van der Waals surface area contributed by atoms with Gasteiger partial charge in [0, 0.05) is 23.9 Å². The van der Waals surface area contributed by atoms with Gasteiger partial charge in [0.15, 0.2) is 0 Å². The fraction of sp³-hybridized carbons (Fsp3) is 0.391. The van der Waals surface area contributed by atoms with Crippen LogP contribution >= 0.6 is 11.8 Å². The molecule has 0 aromatic heterocycles. The number of nitrogens with zero attached hydrogens (tertiary/aromatic N) is 1. The van der Waals surface area contributed by atoms with Crippen molar-refractivity contribution in [3.63, 3.8) is 0 Å². The van der Waals surface area contributed by atoms with Crippen molar-refractivity contribution in [2.75, 3.05) is 5.75 Å². The van der Waals surface area contributed by atoms with Gasteiger partial charge in [0.05, 0.1) is 5.75 Å². The van der Waals surface area contributed by atoms with Crippen molar-refractivity contribution in [2.24, 2.45) is 0 Å². The van der Waals surface area contributed by atoms with Gasteiger partial charge in [0.25, 0.3) is 0 Å². The minimum absolute atomic E-state index is 0.0116. The second-order valence-corrected chi connectivity index (χ2v) is 8.21. The molecule has 0 fully saturated rings. The molecule has 0 spiro atoms. The van der Waals surface area contributed by atoms with Crippen molar-refractivity contribution in [2.45, 2.75) is 51.6 Å². The molecular formula is C23H28F2N2O2S. The molecule has 0 heterocycles. The molecule has 30 heavy (non-hydrogen) atoms. The normalized spacial score (nSPS) is 12.8. The molecule has 2 aromatic rings. The number of carbonyl (C=O) groups is 2. The lowest BCUT2D eigenvalue weighted by molar-refractivity contribution is -0.139. The van der Waals surface area contributed by atoms with Gasteiger partial charge >= 0.3 is 0 Å². The number of amides is 2. The van der Waals surface area contributed by atoms with Crippen molar-refractivity contribution in [3.05, 3.63) is 71.3 Å². The third-order valence-corrected chi connectivity index (χ3v) is 5.86. The molecule has 1 N–H and O–H groups in total. The Balaban J connectivity index is 2.08. The molecule has 0 aliphatic carbocycles. The standard InChI is InChI=1S/C23H28F2N2O2S/c1-4-16(2)26-23(29)17(3)27(13-19-7-5-6-8-21(19)25)22(28)15-30-14-18-9-11-20(24)12-10-18/h5-12,16-17H,4,13-15H2,1-3H3,(H,26,29)/t16-,17-/m1/s1. The number of rotatable bonds is 10. The van der Waals surface area contributed by atoms with E-state index in [0.29, 0.717) is 11.3 Å². The van der Waals surface area contributed by atoms with E-state index in [1.54, 1.807) is 37.3 Å². The molecule has 4 nitrogen and oxygen atoms in total. The van der Waals surface area contributed by atoms with Gasteiger partial charge in [0.2, 0.25) is 11.8 Å². The second-order valence-electron chi connectivity index (χ2n) is 7.23. The summed E-state index contributed by atoms with van der Waals surface area (Å²) in [6, 6.07) is 11.6. The van der Waals surface area contributed by atoms with E-state index in [2.05, 4.69) is 5.32 Å². The van der Waals surface area contributed by atoms with E-state index >= 15 is 0 Å². The summed E-state index contributed by atoms with van der Waals surface area (Å²) in [7, 11) is 0. The summed E-state index contributed by atoms with van der Waals surface area (Å²) in [6.07, 6.45) is 0.771. The fourth-order valence-corrected chi connectivity index (χ4v) is 3.65. The summed E-state index contributed by atoms with van der Waals surface area (Å²) in [5.74, 6) is -0.574. The highest BCUT2D eigenvalue weighted by molar-refractivity contribution is 7.99. The number of thioether (sulfide) groups is 1. The molecule has 0 radical (unpaired) electrons. The SMILES string of the molecule is CC[C@@H](C)NC(=O)[C@@H](C)N(Cc1ccccc1F)C(=O)CSCc1ccc(F)cc1. The lowest BCUT2D eigenvalue weighted by Gasteiger charge is -2.29. The monoisotopic (exact) mass is 434 g/mol.